The lowest BCUT2D eigenvalue weighted by Gasteiger charge is -2.35. The van der Waals surface area contributed by atoms with Gasteiger partial charge >= 0.3 is 0 Å². The van der Waals surface area contributed by atoms with Crippen molar-refractivity contribution >= 4 is 29.3 Å². The molecule has 2 aliphatic rings. The van der Waals surface area contributed by atoms with E-state index in [-0.39, 0.29) is 17.9 Å². The van der Waals surface area contributed by atoms with Crippen LogP contribution in [0.3, 0.4) is 0 Å². The Hall–Kier alpha value is -2.32. The van der Waals surface area contributed by atoms with Crippen LogP contribution in [0.25, 0.3) is 0 Å². The summed E-state index contributed by atoms with van der Waals surface area (Å²) in [6, 6.07) is 9.53. The van der Waals surface area contributed by atoms with Crippen LogP contribution >= 0.6 is 11.8 Å². The van der Waals surface area contributed by atoms with Gasteiger partial charge in [-0.25, -0.2) is 0 Å². The number of rotatable bonds is 5. The Kier molecular flexibility index (Phi) is 6.74. The van der Waals surface area contributed by atoms with Gasteiger partial charge in [0, 0.05) is 49.1 Å². The van der Waals surface area contributed by atoms with Crippen LogP contribution in [0.5, 0.6) is 0 Å². The van der Waals surface area contributed by atoms with E-state index in [2.05, 4.69) is 15.3 Å². The summed E-state index contributed by atoms with van der Waals surface area (Å²) in [6.45, 7) is 2.79. The minimum Gasteiger partial charge on any atom is -0.337 e. The zero-order valence-corrected chi connectivity index (χ0v) is 18.2. The molecule has 2 saturated heterocycles. The zero-order valence-electron chi connectivity index (χ0n) is 17.4. The minimum absolute atomic E-state index is 0.0405. The van der Waals surface area contributed by atoms with Crippen LogP contribution < -0.4 is 5.32 Å². The van der Waals surface area contributed by atoms with Crippen LogP contribution in [-0.2, 0) is 11.8 Å². The summed E-state index contributed by atoms with van der Waals surface area (Å²) in [4.78, 5) is 29.7. The topological polar surface area (TPSA) is 70.5 Å². The molecule has 1 N–H and O–H groups in total. The van der Waals surface area contributed by atoms with Gasteiger partial charge in [0.2, 0.25) is 5.91 Å². The fraction of sp³-hybridized carbons (Fsp3) is 0.500. The van der Waals surface area contributed by atoms with Crippen molar-refractivity contribution < 1.29 is 9.59 Å². The summed E-state index contributed by atoms with van der Waals surface area (Å²) in [5.74, 6) is 1.95. The first-order valence-electron chi connectivity index (χ1n) is 10.6. The van der Waals surface area contributed by atoms with Crippen molar-refractivity contribution in [3.63, 3.8) is 0 Å². The van der Waals surface area contributed by atoms with E-state index in [0.29, 0.717) is 17.8 Å². The highest BCUT2D eigenvalue weighted by Crippen LogP contribution is 2.30. The third-order valence-corrected chi connectivity index (χ3v) is 6.79. The largest absolute Gasteiger partial charge is 0.337 e. The molecule has 30 heavy (non-hydrogen) atoms. The first-order valence-corrected chi connectivity index (χ1v) is 11.8. The number of thioether (sulfide) groups is 1. The van der Waals surface area contributed by atoms with Gasteiger partial charge in [0.15, 0.2) is 0 Å². The Bertz CT molecular complexity index is 893. The second-order valence-corrected chi connectivity index (χ2v) is 9.12. The molecule has 0 radical (unpaired) electrons. The van der Waals surface area contributed by atoms with Crippen LogP contribution in [0.15, 0.2) is 36.5 Å². The second-order valence-electron chi connectivity index (χ2n) is 7.90. The molecule has 0 saturated carbocycles. The highest BCUT2D eigenvalue weighted by Gasteiger charge is 2.27. The van der Waals surface area contributed by atoms with Crippen molar-refractivity contribution in [2.24, 2.45) is 7.05 Å². The number of anilines is 1. The van der Waals surface area contributed by atoms with E-state index in [4.69, 9.17) is 0 Å². The summed E-state index contributed by atoms with van der Waals surface area (Å²) >= 11 is 1.88. The van der Waals surface area contributed by atoms with E-state index < -0.39 is 0 Å². The predicted octanol–water partition coefficient (Wildman–Crippen LogP) is 2.77. The van der Waals surface area contributed by atoms with Crippen LogP contribution in [0, 0.1) is 0 Å². The molecule has 0 bridgehead atoms. The summed E-state index contributed by atoms with van der Waals surface area (Å²) in [5.41, 5.74) is 2.45. The van der Waals surface area contributed by atoms with Crippen molar-refractivity contribution in [1.29, 1.82) is 0 Å². The third kappa shape index (κ3) is 4.87. The molecular weight excluding hydrogens is 398 g/mol. The summed E-state index contributed by atoms with van der Waals surface area (Å²) < 4.78 is 1.90. The van der Waals surface area contributed by atoms with Crippen LogP contribution in [0.2, 0.25) is 0 Å². The van der Waals surface area contributed by atoms with Gasteiger partial charge in [0.25, 0.3) is 5.91 Å². The lowest BCUT2D eigenvalue weighted by atomic mass is 9.99. The molecule has 2 aliphatic heterocycles. The third-order valence-electron chi connectivity index (χ3n) is 5.85. The molecule has 1 atom stereocenters. The molecule has 0 aliphatic carbocycles. The number of hydrogen-bond donors (Lipinski definition) is 1. The Morgan fingerprint density at radius 2 is 2.00 bits per heavy atom. The molecule has 2 amide bonds. The van der Waals surface area contributed by atoms with Crippen LogP contribution in [0.1, 0.15) is 41.4 Å². The second kappa shape index (κ2) is 9.66. The number of nitrogens with zero attached hydrogens (tertiary/aromatic N) is 4. The normalized spacial score (nSPS) is 20.2. The lowest BCUT2D eigenvalue weighted by Crippen LogP contribution is -2.40. The average molecular weight is 428 g/mol. The van der Waals surface area contributed by atoms with Crippen molar-refractivity contribution in [2.45, 2.75) is 25.3 Å². The molecule has 7 nitrogen and oxygen atoms in total. The number of hydrogen-bond acceptors (Lipinski definition) is 5. The van der Waals surface area contributed by atoms with Crippen LogP contribution in [0.4, 0.5) is 5.69 Å². The molecule has 2 fully saturated rings. The Morgan fingerprint density at radius 1 is 1.17 bits per heavy atom. The fourth-order valence-electron chi connectivity index (χ4n) is 4.29. The molecular formula is C22H29N5O2S. The molecule has 2 aromatic rings. The number of benzene rings is 1. The molecule has 4 rings (SSSR count). The Balaban J connectivity index is 1.40. The van der Waals surface area contributed by atoms with Crippen molar-refractivity contribution in [3.05, 3.63) is 47.8 Å². The van der Waals surface area contributed by atoms with E-state index in [1.54, 1.807) is 6.07 Å². The fourth-order valence-corrected chi connectivity index (χ4v) is 5.19. The Labute approximate surface area is 181 Å². The average Bonchev–Trinajstić information content (AvgIpc) is 3.20. The number of carbonyl (C=O) groups is 2. The summed E-state index contributed by atoms with van der Waals surface area (Å²) in [6.07, 6.45) is 5.10. The van der Waals surface area contributed by atoms with Gasteiger partial charge in [-0.05, 0) is 43.7 Å². The number of nitrogens with one attached hydrogen (secondary N) is 1. The van der Waals surface area contributed by atoms with Gasteiger partial charge in [0.05, 0.1) is 18.3 Å². The SMILES string of the molecule is Cn1nccc1C1CCCCN1CC(=O)Nc1cccc(C(=O)N2CCSCC2)c1. The minimum atomic E-state index is -0.0527. The van der Waals surface area contributed by atoms with E-state index in [9.17, 15) is 9.59 Å². The number of likely N-dealkylation sites (tertiary alicyclic amines) is 1. The van der Waals surface area contributed by atoms with Crippen molar-refractivity contribution in [1.82, 2.24) is 19.6 Å². The molecule has 3 heterocycles. The summed E-state index contributed by atoms with van der Waals surface area (Å²) in [5, 5.41) is 7.28. The monoisotopic (exact) mass is 427 g/mol. The van der Waals surface area contributed by atoms with Crippen molar-refractivity contribution in [3.8, 4) is 0 Å². The molecule has 0 spiro atoms. The van der Waals surface area contributed by atoms with Crippen molar-refractivity contribution in [2.75, 3.05) is 43.0 Å². The first-order chi connectivity index (χ1) is 14.6. The Morgan fingerprint density at radius 3 is 2.77 bits per heavy atom. The maximum atomic E-state index is 12.8. The molecule has 160 valence electrons. The van der Waals surface area contributed by atoms with Gasteiger partial charge in [-0.3, -0.25) is 19.2 Å². The molecule has 1 aromatic carbocycles. The number of carbonyl (C=O) groups excluding carboxylic acids is 2. The maximum absolute atomic E-state index is 12.8. The lowest BCUT2D eigenvalue weighted by molar-refractivity contribution is -0.118. The van der Waals surface area contributed by atoms with E-state index >= 15 is 0 Å². The molecule has 8 heteroatoms. The standard InChI is InChI=1S/C22H29N5O2S/c1-25-19(8-9-23-25)20-7-2-3-10-27(20)16-21(28)24-18-6-4-5-17(15-18)22(29)26-11-13-30-14-12-26/h4-6,8-9,15,20H,2-3,7,10-14,16H2,1H3,(H,24,28). The smallest absolute Gasteiger partial charge is 0.253 e. The highest BCUT2D eigenvalue weighted by atomic mass is 32.2. The number of aryl methyl sites for hydroxylation is 1. The zero-order chi connectivity index (χ0) is 20.9. The van der Waals surface area contributed by atoms with Gasteiger partial charge in [-0.1, -0.05) is 12.5 Å². The highest BCUT2D eigenvalue weighted by molar-refractivity contribution is 7.99. The van der Waals surface area contributed by atoms with Gasteiger partial charge in [-0.15, -0.1) is 0 Å². The molecule has 1 unspecified atom stereocenters. The molecule has 1 aromatic heterocycles. The predicted molar refractivity (Wildman–Crippen MR) is 120 cm³/mol. The first kappa shape index (κ1) is 20.9. The van der Waals surface area contributed by atoms with Gasteiger partial charge < -0.3 is 10.2 Å². The van der Waals surface area contributed by atoms with Gasteiger partial charge in [-0.2, -0.15) is 16.9 Å². The van der Waals surface area contributed by atoms with E-state index in [1.165, 1.54) is 0 Å². The van der Waals surface area contributed by atoms with Crippen LogP contribution in [-0.4, -0.2) is 69.1 Å². The quantitative estimate of drug-likeness (QED) is 0.795. The van der Waals surface area contributed by atoms with E-state index in [0.717, 1.165) is 56.1 Å². The number of amides is 2. The summed E-state index contributed by atoms with van der Waals surface area (Å²) in [7, 11) is 1.95. The van der Waals surface area contributed by atoms with E-state index in [1.807, 2.05) is 58.9 Å². The number of piperidine rings is 1. The van der Waals surface area contributed by atoms with Gasteiger partial charge in [0.1, 0.15) is 0 Å². The maximum Gasteiger partial charge on any atom is 0.253 e. The number of aromatic nitrogens is 2.